The monoisotopic (exact) mass is 232 g/mol. The van der Waals surface area contributed by atoms with Crippen molar-refractivity contribution in [3.8, 4) is 0 Å². The molecule has 0 atom stereocenters. The molecule has 0 amide bonds. The molecule has 0 aliphatic carbocycles. The standard InChI is InChI=1S/C7H7BBrFO2/c1-4-2-3-5(10)7(9)6(4)8(11)12/h2-3,11-12H,1H3. The summed E-state index contributed by atoms with van der Waals surface area (Å²) in [6.45, 7) is 1.68. The number of hydrogen-bond acceptors (Lipinski definition) is 2. The van der Waals surface area contributed by atoms with Crippen molar-refractivity contribution in [2.75, 3.05) is 0 Å². The molecule has 0 aliphatic heterocycles. The summed E-state index contributed by atoms with van der Waals surface area (Å²) in [6, 6.07) is 2.76. The molecule has 0 heterocycles. The topological polar surface area (TPSA) is 40.5 Å². The quantitative estimate of drug-likeness (QED) is 0.696. The molecule has 0 unspecified atom stereocenters. The first-order valence-electron chi connectivity index (χ1n) is 3.34. The molecular formula is C7H7BBrFO2. The van der Waals surface area contributed by atoms with Crippen LogP contribution in [0.25, 0.3) is 0 Å². The predicted molar refractivity (Wildman–Crippen MR) is 48.7 cm³/mol. The summed E-state index contributed by atoms with van der Waals surface area (Å²) in [6.07, 6.45) is 0. The van der Waals surface area contributed by atoms with Gasteiger partial charge in [0.2, 0.25) is 0 Å². The molecular weight excluding hydrogens is 226 g/mol. The number of halogens is 2. The third-order valence-electron chi connectivity index (χ3n) is 1.61. The normalized spacial score (nSPS) is 10.1. The minimum absolute atomic E-state index is 0.109. The highest BCUT2D eigenvalue weighted by Crippen LogP contribution is 2.14. The van der Waals surface area contributed by atoms with Crippen LogP contribution in [0.5, 0.6) is 0 Å². The molecule has 0 aliphatic rings. The molecule has 1 rings (SSSR count). The van der Waals surface area contributed by atoms with Crippen molar-refractivity contribution in [2.45, 2.75) is 6.92 Å². The maximum Gasteiger partial charge on any atom is 0.489 e. The van der Waals surface area contributed by atoms with Crippen LogP contribution in [0.15, 0.2) is 16.6 Å². The average molecular weight is 233 g/mol. The highest BCUT2D eigenvalue weighted by Gasteiger charge is 2.19. The van der Waals surface area contributed by atoms with Gasteiger partial charge >= 0.3 is 7.12 Å². The summed E-state index contributed by atoms with van der Waals surface area (Å²) in [5, 5.41) is 17.7. The van der Waals surface area contributed by atoms with Crippen molar-refractivity contribution >= 4 is 28.5 Å². The summed E-state index contributed by atoms with van der Waals surface area (Å²) in [7, 11) is -1.64. The summed E-state index contributed by atoms with van der Waals surface area (Å²) >= 11 is 2.94. The minimum atomic E-state index is -1.64. The Labute approximate surface area is 78.3 Å². The molecule has 64 valence electrons. The zero-order valence-electron chi connectivity index (χ0n) is 6.38. The van der Waals surface area contributed by atoms with Gasteiger partial charge in [0.05, 0.1) is 4.47 Å². The minimum Gasteiger partial charge on any atom is -0.423 e. The summed E-state index contributed by atoms with van der Waals surface area (Å²) in [5.74, 6) is -0.497. The predicted octanol–water partition coefficient (Wildman–Crippen LogP) is 0.576. The Hall–Kier alpha value is -0.385. The van der Waals surface area contributed by atoms with Crippen LogP contribution < -0.4 is 5.46 Å². The Bertz CT molecular complexity index is 304. The maximum atomic E-state index is 12.9. The van der Waals surface area contributed by atoms with Crippen LogP contribution in [-0.4, -0.2) is 17.2 Å². The Morgan fingerprint density at radius 2 is 2.00 bits per heavy atom. The second-order valence-corrected chi connectivity index (χ2v) is 3.26. The Morgan fingerprint density at radius 3 is 2.42 bits per heavy atom. The van der Waals surface area contributed by atoms with E-state index in [1.807, 2.05) is 0 Å². The fraction of sp³-hybridized carbons (Fsp3) is 0.143. The van der Waals surface area contributed by atoms with Crippen LogP contribution in [0.2, 0.25) is 0 Å². The number of hydrogen-bond donors (Lipinski definition) is 2. The van der Waals surface area contributed by atoms with Crippen molar-refractivity contribution in [3.05, 3.63) is 28.0 Å². The zero-order chi connectivity index (χ0) is 9.30. The zero-order valence-corrected chi connectivity index (χ0v) is 7.97. The van der Waals surface area contributed by atoms with Crippen LogP contribution in [-0.2, 0) is 0 Å². The van der Waals surface area contributed by atoms with E-state index in [9.17, 15) is 4.39 Å². The molecule has 0 saturated heterocycles. The Balaban J connectivity index is 3.33. The van der Waals surface area contributed by atoms with Crippen molar-refractivity contribution in [2.24, 2.45) is 0 Å². The van der Waals surface area contributed by atoms with Gasteiger partial charge in [-0.25, -0.2) is 4.39 Å². The molecule has 5 heteroatoms. The van der Waals surface area contributed by atoms with E-state index in [2.05, 4.69) is 15.9 Å². The van der Waals surface area contributed by atoms with Crippen LogP contribution in [0.4, 0.5) is 4.39 Å². The largest absolute Gasteiger partial charge is 0.489 e. The number of benzene rings is 1. The van der Waals surface area contributed by atoms with E-state index >= 15 is 0 Å². The first kappa shape index (κ1) is 9.70. The van der Waals surface area contributed by atoms with E-state index in [4.69, 9.17) is 10.0 Å². The lowest BCUT2D eigenvalue weighted by Crippen LogP contribution is -2.33. The summed E-state index contributed by atoms with van der Waals surface area (Å²) in [4.78, 5) is 0. The lowest BCUT2D eigenvalue weighted by Gasteiger charge is -2.07. The van der Waals surface area contributed by atoms with Crippen LogP contribution >= 0.6 is 15.9 Å². The highest BCUT2D eigenvalue weighted by molar-refractivity contribution is 9.10. The van der Waals surface area contributed by atoms with Gasteiger partial charge in [0, 0.05) is 5.46 Å². The van der Waals surface area contributed by atoms with Gasteiger partial charge in [0.15, 0.2) is 0 Å². The second-order valence-electron chi connectivity index (χ2n) is 2.47. The van der Waals surface area contributed by atoms with E-state index in [-0.39, 0.29) is 9.94 Å². The Kier molecular flexibility index (Phi) is 2.87. The van der Waals surface area contributed by atoms with Crippen LogP contribution in [0.3, 0.4) is 0 Å². The molecule has 12 heavy (non-hydrogen) atoms. The molecule has 1 aromatic carbocycles. The summed E-state index contributed by atoms with van der Waals surface area (Å²) < 4.78 is 13.0. The SMILES string of the molecule is Cc1ccc(F)c(Br)c1B(O)O. The molecule has 2 nitrogen and oxygen atoms in total. The van der Waals surface area contributed by atoms with Gasteiger partial charge in [-0.1, -0.05) is 11.6 Å². The molecule has 0 saturated carbocycles. The lowest BCUT2D eigenvalue weighted by molar-refractivity contribution is 0.425. The van der Waals surface area contributed by atoms with Gasteiger partial charge in [-0.2, -0.15) is 0 Å². The van der Waals surface area contributed by atoms with E-state index in [1.54, 1.807) is 6.92 Å². The number of aryl methyl sites for hydroxylation is 1. The van der Waals surface area contributed by atoms with Crippen molar-refractivity contribution in [1.29, 1.82) is 0 Å². The third-order valence-corrected chi connectivity index (χ3v) is 2.41. The Morgan fingerprint density at radius 1 is 1.42 bits per heavy atom. The smallest absolute Gasteiger partial charge is 0.423 e. The molecule has 1 aromatic rings. The van der Waals surface area contributed by atoms with Crippen molar-refractivity contribution in [3.63, 3.8) is 0 Å². The fourth-order valence-corrected chi connectivity index (χ4v) is 1.63. The van der Waals surface area contributed by atoms with Gasteiger partial charge in [-0.15, -0.1) is 0 Å². The molecule has 0 fully saturated rings. The number of rotatable bonds is 1. The van der Waals surface area contributed by atoms with Gasteiger partial charge < -0.3 is 10.0 Å². The first-order valence-corrected chi connectivity index (χ1v) is 4.14. The summed E-state index contributed by atoms with van der Waals surface area (Å²) in [5.41, 5.74) is 0.813. The van der Waals surface area contributed by atoms with Crippen LogP contribution in [0.1, 0.15) is 5.56 Å². The maximum absolute atomic E-state index is 12.9. The molecule has 0 radical (unpaired) electrons. The van der Waals surface area contributed by atoms with Gasteiger partial charge in [-0.3, -0.25) is 0 Å². The first-order chi connectivity index (χ1) is 5.54. The molecule has 0 aromatic heterocycles. The van der Waals surface area contributed by atoms with Crippen molar-refractivity contribution in [1.82, 2.24) is 0 Å². The fourth-order valence-electron chi connectivity index (χ4n) is 0.980. The van der Waals surface area contributed by atoms with E-state index in [0.29, 0.717) is 5.56 Å². The second kappa shape index (κ2) is 3.55. The average Bonchev–Trinajstić information content (AvgIpc) is 1.97. The van der Waals surface area contributed by atoms with E-state index in [0.717, 1.165) is 0 Å². The van der Waals surface area contributed by atoms with Gasteiger partial charge in [0.25, 0.3) is 0 Å². The highest BCUT2D eigenvalue weighted by atomic mass is 79.9. The van der Waals surface area contributed by atoms with Crippen molar-refractivity contribution < 1.29 is 14.4 Å². The van der Waals surface area contributed by atoms with E-state index in [1.165, 1.54) is 12.1 Å². The van der Waals surface area contributed by atoms with Gasteiger partial charge in [-0.05, 0) is 28.9 Å². The molecule has 2 N–H and O–H groups in total. The third kappa shape index (κ3) is 1.68. The lowest BCUT2D eigenvalue weighted by atomic mass is 9.77. The molecule has 0 spiro atoms. The van der Waals surface area contributed by atoms with Crippen LogP contribution in [0, 0.1) is 12.7 Å². The van der Waals surface area contributed by atoms with Gasteiger partial charge in [0.1, 0.15) is 5.82 Å². The molecule has 0 bridgehead atoms. The van der Waals surface area contributed by atoms with E-state index < -0.39 is 12.9 Å².